The molecule has 2 bridgehead atoms. The van der Waals surface area contributed by atoms with Crippen molar-refractivity contribution in [2.24, 2.45) is 0 Å². The maximum atomic E-state index is 12.6. The zero-order valence-corrected chi connectivity index (χ0v) is 11.7. The monoisotopic (exact) mass is 267 g/mol. The van der Waals surface area contributed by atoms with Gasteiger partial charge in [-0.05, 0) is 18.6 Å². The molecule has 0 spiro atoms. The van der Waals surface area contributed by atoms with Crippen LogP contribution in [0.4, 0.5) is 0 Å². The van der Waals surface area contributed by atoms with Crippen LogP contribution in [-0.2, 0) is 4.79 Å². The van der Waals surface area contributed by atoms with E-state index in [9.17, 15) is 4.79 Å². The number of aromatic nitrogens is 1. The molecule has 2 unspecified atom stereocenters. The van der Waals surface area contributed by atoms with Crippen LogP contribution in [0.3, 0.4) is 0 Å². The van der Waals surface area contributed by atoms with Crippen LogP contribution in [0.1, 0.15) is 30.1 Å². The zero-order valence-electron chi connectivity index (χ0n) is 11.7. The smallest absolute Gasteiger partial charge is 0.237 e. The van der Waals surface area contributed by atoms with Gasteiger partial charge in [-0.1, -0.05) is 24.8 Å². The van der Waals surface area contributed by atoms with E-state index in [1.807, 2.05) is 19.2 Å². The number of H-pyrrole nitrogens is 1. The quantitative estimate of drug-likeness (QED) is 0.797. The Hall–Kier alpha value is -2.23. The minimum absolute atomic E-state index is 0.0900. The second-order valence-corrected chi connectivity index (χ2v) is 5.69. The number of likely N-dealkylation sites (N-methyl/N-ethyl adjacent to an activating group) is 1. The summed E-state index contributed by atoms with van der Waals surface area (Å²) in [6.45, 7) is 6.96. The van der Waals surface area contributed by atoms with Gasteiger partial charge in [-0.3, -0.25) is 4.79 Å². The standard InChI is InChI=1S/C16H17N3O/c1-9-15-14(11-6-4-5-7-13(11)17-15)12-8-19(9)10(2)18(3)16(12)20/h4-7,9,12,17H,2,8H2,1,3H3. The Morgan fingerprint density at radius 2 is 2.10 bits per heavy atom. The van der Waals surface area contributed by atoms with Gasteiger partial charge in [0.15, 0.2) is 0 Å². The molecule has 0 saturated carbocycles. The fourth-order valence-electron chi connectivity index (χ4n) is 3.58. The molecule has 1 aromatic carbocycles. The lowest BCUT2D eigenvalue weighted by Crippen LogP contribution is -2.51. The second-order valence-electron chi connectivity index (χ2n) is 5.69. The largest absolute Gasteiger partial charge is 0.356 e. The summed E-state index contributed by atoms with van der Waals surface area (Å²) in [6.07, 6.45) is 0. The maximum Gasteiger partial charge on any atom is 0.237 e. The number of fused-ring (bicyclic) bond motifs is 6. The van der Waals surface area contributed by atoms with Crippen LogP contribution in [-0.4, -0.2) is 34.3 Å². The number of carbonyl (C=O) groups excluding carboxylic acids is 1. The van der Waals surface area contributed by atoms with Crippen molar-refractivity contribution < 1.29 is 4.79 Å². The van der Waals surface area contributed by atoms with Gasteiger partial charge in [-0.15, -0.1) is 0 Å². The van der Waals surface area contributed by atoms with E-state index in [2.05, 4.69) is 35.5 Å². The van der Waals surface area contributed by atoms with Crippen molar-refractivity contribution in [3.63, 3.8) is 0 Å². The van der Waals surface area contributed by atoms with E-state index in [4.69, 9.17) is 0 Å². The number of nitrogens with zero attached hydrogens (tertiary/aromatic N) is 2. The van der Waals surface area contributed by atoms with Gasteiger partial charge in [-0.25, -0.2) is 0 Å². The number of carbonyl (C=O) groups is 1. The second kappa shape index (κ2) is 3.66. The molecule has 4 nitrogen and oxygen atoms in total. The minimum atomic E-state index is -0.0900. The topological polar surface area (TPSA) is 39.3 Å². The summed E-state index contributed by atoms with van der Waals surface area (Å²) < 4.78 is 0. The van der Waals surface area contributed by atoms with Crippen molar-refractivity contribution >= 4 is 16.8 Å². The highest BCUT2D eigenvalue weighted by Crippen LogP contribution is 2.45. The van der Waals surface area contributed by atoms with E-state index < -0.39 is 0 Å². The highest BCUT2D eigenvalue weighted by molar-refractivity contribution is 5.95. The molecule has 2 aliphatic heterocycles. The molecule has 4 rings (SSSR count). The minimum Gasteiger partial charge on any atom is -0.356 e. The Labute approximate surface area is 117 Å². The lowest BCUT2D eigenvalue weighted by atomic mass is 9.86. The summed E-state index contributed by atoms with van der Waals surface area (Å²) in [6, 6.07) is 8.45. The summed E-state index contributed by atoms with van der Waals surface area (Å²) >= 11 is 0. The molecule has 2 aliphatic rings. The fraction of sp³-hybridized carbons (Fsp3) is 0.312. The number of hydrogen-bond acceptors (Lipinski definition) is 2. The Bertz CT molecular complexity index is 745. The van der Waals surface area contributed by atoms with Crippen LogP contribution >= 0.6 is 0 Å². The van der Waals surface area contributed by atoms with Crippen LogP contribution in [0, 0.1) is 0 Å². The summed E-state index contributed by atoms with van der Waals surface area (Å²) in [5.41, 5.74) is 3.44. The molecule has 2 atom stereocenters. The molecule has 1 aromatic heterocycles. The molecule has 0 aliphatic carbocycles. The molecule has 1 amide bonds. The van der Waals surface area contributed by atoms with Crippen molar-refractivity contribution in [2.75, 3.05) is 13.6 Å². The van der Waals surface area contributed by atoms with E-state index in [1.165, 1.54) is 10.9 Å². The molecule has 2 aromatic rings. The van der Waals surface area contributed by atoms with Gasteiger partial charge in [0.2, 0.25) is 5.91 Å². The van der Waals surface area contributed by atoms with Gasteiger partial charge in [-0.2, -0.15) is 0 Å². The predicted molar refractivity (Wildman–Crippen MR) is 78.1 cm³/mol. The zero-order chi connectivity index (χ0) is 14.0. The molecule has 102 valence electrons. The number of amides is 1. The number of hydrogen-bond donors (Lipinski definition) is 1. The molecule has 4 heteroatoms. The average molecular weight is 267 g/mol. The molecule has 20 heavy (non-hydrogen) atoms. The van der Waals surface area contributed by atoms with Gasteiger partial charge < -0.3 is 14.8 Å². The third-order valence-corrected chi connectivity index (χ3v) is 4.74. The number of aromatic amines is 1. The van der Waals surface area contributed by atoms with Crippen LogP contribution < -0.4 is 0 Å². The van der Waals surface area contributed by atoms with Gasteiger partial charge in [0.05, 0.1) is 12.0 Å². The summed E-state index contributed by atoms with van der Waals surface area (Å²) in [4.78, 5) is 20.0. The van der Waals surface area contributed by atoms with Crippen molar-refractivity contribution in [1.82, 2.24) is 14.8 Å². The Kier molecular flexibility index (Phi) is 2.12. The SMILES string of the molecule is C=C1N(C)C(=O)C2CN1C(C)c1[nH]c3ccccc3c12. The average Bonchev–Trinajstić information content (AvgIpc) is 2.85. The third-order valence-electron chi connectivity index (χ3n) is 4.74. The first-order valence-corrected chi connectivity index (χ1v) is 6.93. The van der Waals surface area contributed by atoms with Crippen molar-refractivity contribution in [1.29, 1.82) is 0 Å². The molecule has 3 heterocycles. The Balaban J connectivity index is 2.02. The van der Waals surface area contributed by atoms with Crippen molar-refractivity contribution in [2.45, 2.75) is 18.9 Å². The lowest BCUT2D eigenvalue weighted by molar-refractivity contribution is -0.135. The number of rotatable bonds is 0. The highest BCUT2D eigenvalue weighted by Gasteiger charge is 2.44. The van der Waals surface area contributed by atoms with Crippen molar-refractivity contribution in [3.05, 3.63) is 47.9 Å². The first kappa shape index (κ1) is 11.6. The van der Waals surface area contributed by atoms with E-state index in [1.54, 1.807) is 4.90 Å². The maximum absolute atomic E-state index is 12.6. The summed E-state index contributed by atoms with van der Waals surface area (Å²) in [7, 11) is 1.82. The van der Waals surface area contributed by atoms with E-state index in [0.717, 1.165) is 23.6 Å². The molecule has 1 N–H and O–H groups in total. The van der Waals surface area contributed by atoms with E-state index in [-0.39, 0.29) is 17.9 Å². The molecule has 1 fully saturated rings. The molecular formula is C16H17N3O. The van der Waals surface area contributed by atoms with Crippen LogP contribution in [0.5, 0.6) is 0 Å². The summed E-state index contributed by atoms with van der Waals surface area (Å²) in [5, 5.41) is 1.17. The molecule has 1 saturated heterocycles. The first-order valence-electron chi connectivity index (χ1n) is 6.93. The van der Waals surface area contributed by atoms with Crippen LogP contribution in [0.15, 0.2) is 36.7 Å². The summed E-state index contributed by atoms with van der Waals surface area (Å²) in [5.74, 6) is 0.847. The molecular weight excluding hydrogens is 250 g/mol. The van der Waals surface area contributed by atoms with E-state index >= 15 is 0 Å². The number of benzene rings is 1. The number of para-hydroxylation sites is 1. The number of nitrogens with one attached hydrogen (secondary N) is 1. The molecule has 0 radical (unpaired) electrons. The Morgan fingerprint density at radius 1 is 1.35 bits per heavy atom. The lowest BCUT2D eigenvalue weighted by Gasteiger charge is -2.47. The van der Waals surface area contributed by atoms with Gasteiger partial charge in [0.25, 0.3) is 0 Å². The third kappa shape index (κ3) is 1.24. The predicted octanol–water partition coefficient (Wildman–Crippen LogP) is 2.57. The van der Waals surface area contributed by atoms with Gasteiger partial charge >= 0.3 is 0 Å². The van der Waals surface area contributed by atoms with Crippen molar-refractivity contribution in [3.8, 4) is 0 Å². The first-order chi connectivity index (χ1) is 9.59. The van der Waals surface area contributed by atoms with Crippen LogP contribution in [0.25, 0.3) is 10.9 Å². The Morgan fingerprint density at radius 3 is 2.90 bits per heavy atom. The van der Waals surface area contributed by atoms with Crippen LogP contribution in [0.2, 0.25) is 0 Å². The van der Waals surface area contributed by atoms with E-state index in [0.29, 0.717) is 0 Å². The van der Waals surface area contributed by atoms with Gasteiger partial charge in [0, 0.05) is 30.2 Å². The van der Waals surface area contributed by atoms with Gasteiger partial charge in [0.1, 0.15) is 5.82 Å². The fourth-order valence-corrected chi connectivity index (χ4v) is 3.58. The highest BCUT2D eigenvalue weighted by atomic mass is 16.2. The normalized spacial score (nSPS) is 25.3.